The Balaban J connectivity index is 1.98. The molecule has 2 aromatic carbocycles. The number of hydrogen-bond acceptors (Lipinski definition) is 2. The molecule has 112 valence electrons. The van der Waals surface area contributed by atoms with Crippen molar-refractivity contribution in [1.29, 1.82) is 0 Å². The minimum Gasteiger partial charge on any atom is -0.492 e. The van der Waals surface area contributed by atoms with E-state index < -0.39 is 5.97 Å². The highest BCUT2D eigenvalue weighted by Gasteiger charge is 2.18. The van der Waals surface area contributed by atoms with Gasteiger partial charge in [0, 0.05) is 0 Å². The topological polar surface area (TPSA) is 46.5 Å². The molecule has 0 saturated heterocycles. The van der Waals surface area contributed by atoms with Gasteiger partial charge in [0.2, 0.25) is 0 Å². The summed E-state index contributed by atoms with van der Waals surface area (Å²) >= 11 is 0. The molecule has 0 unspecified atom stereocenters. The summed E-state index contributed by atoms with van der Waals surface area (Å²) in [5.74, 6) is -0.394. The van der Waals surface area contributed by atoms with Gasteiger partial charge in [-0.05, 0) is 48.1 Å². The molecule has 1 aliphatic rings. The van der Waals surface area contributed by atoms with Crippen molar-refractivity contribution in [3.8, 4) is 5.75 Å². The Morgan fingerprint density at radius 2 is 1.82 bits per heavy atom. The zero-order valence-corrected chi connectivity index (χ0v) is 12.3. The number of aryl methyl sites for hydroxylation is 1. The fourth-order valence-corrected chi connectivity index (χ4v) is 2.67. The Morgan fingerprint density at radius 3 is 2.59 bits per heavy atom. The third-order valence-electron chi connectivity index (χ3n) is 3.77. The van der Waals surface area contributed by atoms with E-state index in [0.29, 0.717) is 12.4 Å². The average Bonchev–Trinajstić information content (AvgIpc) is 2.78. The summed E-state index contributed by atoms with van der Waals surface area (Å²) in [5.41, 5.74) is 3.23. The average molecular weight is 294 g/mol. The lowest BCUT2D eigenvalue weighted by molar-refractivity contribution is 0.0692. The second-order valence-corrected chi connectivity index (χ2v) is 5.41. The molecular formula is C19H18O3. The van der Waals surface area contributed by atoms with Crippen molar-refractivity contribution in [2.45, 2.75) is 19.3 Å². The Bertz CT molecular complexity index is 702. The molecule has 0 radical (unpaired) electrons. The van der Waals surface area contributed by atoms with Crippen LogP contribution in [0, 0.1) is 0 Å². The molecule has 0 bridgehead atoms. The fourth-order valence-electron chi connectivity index (χ4n) is 2.67. The van der Waals surface area contributed by atoms with E-state index in [0.717, 1.165) is 36.0 Å². The molecule has 0 aromatic heterocycles. The summed E-state index contributed by atoms with van der Waals surface area (Å²) in [7, 11) is 0. The number of carboxylic acids is 1. The van der Waals surface area contributed by atoms with E-state index in [1.165, 1.54) is 0 Å². The summed E-state index contributed by atoms with van der Waals surface area (Å²) in [6.07, 6.45) is 6.79. The maximum absolute atomic E-state index is 11.5. The minimum atomic E-state index is -0.937. The van der Waals surface area contributed by atoms with Crippen LogP contribution < -0.4 is 4.74 Å². The Hall–Kier alpha value is -2.55. The standard InChI is InChI=1S/C19H18O3/c20-19(21)17-13-15(10-9-14-6-2-1-3-7-14)12-16-8-4-5-11-22-18(16)17/h1-3,6-7,9-10,12-13H,4-5,8,11H2,(H,20,21)/b10-9+. The number of aromatic carboxylic acids is 1. The lowest BCUT2D eigenvalue weighted by atomic mass is 10.00. The lowest BCUT2D eigenvalue weighted by Gasteiger charge is -2.11. The van der Waals surface area contributed by atoms with E-state index in [4.69, 9.17) is 4.74 Å². The van der Waals surface area contributed by atoms with Gasteiger partial charge in [-0.1, -0.05) is 42.5 Å². The van der Waals surface area contributed by atoms with E-state index in [9.17, 15) is 9.90 Å². The molecule has 0 aliphatic carbocycles. The number of hydrogen-bond donors (Lipinski definition) is 1. The molecule has 22 heavy (non-hydrogen) atoms. The van der Waals surface area contributed by atoms with Crippen LogP contribution in [0.15, 0.2) is 42.5 Å². The van der Waals surface area contributed by atoms with Crippen molar-refractivity contribution in [3.63, 3.8) is 0 Å². The van der Waals surface area contributed by atoms with Gasteiger partial charge in [0.25, 0.3) is 0 Å². The van der Waals surface area contributed by atoms with E-state index >= 15 is 0 Å². The number of rotatable bonds is 3. The van der Waals surface area contributed by atoms with E-state index in [-0.39, 0.29) is 5.56 Å². The monoisotopic (exact) mass is 294 g/mol. The first kappa shape index (κ1) is 14.4. The molecule has 0 atom stereocenters. The van der Waals surface area contributed by atoms with Gasteiger partial charge < -0.3 is 9.84 Å². The highest BCUT2D eigenvalue weighted by atomic mass is 16.5. The van der Waals surface area contributed by atoms with Crippen LogP contribution in [0.1, 0.15) is 39.9 Å². The molecule has 3 nitrogen and oxygen atoms in total. The van der Waals surface area contributed by atoms with Crippen LogP contribution in [0.5, 0.6) is 5.75 Å². The number of carboxylic acid groups (broad SMARTS) is 1. The SMILES string of the molecule is O=C(O)c1cc(/C=C/c2ccccc2)cc2c1OCCCC2. The smallest absolute Gasteiger partial charge is 0.339 e. The lowest BCUT2D eigenvalue weighted by Crippen LogP contribution is -2.05. The van der Waals surface area contributed by atoms with Gasteiger partial charge in [-0.2, -0.15) is 0 Å². The van der Waals surface area contributed by atoms with E-state index in [1.807, 2.05) is 48.6 Å². The van der Waals surface area contributed by atoms with Crippen LogP contribution in [0.4, 0.5) is 0 Å². The number of fused-ring (bicyclic) bond motifs is 1. The number of ether oxygens (including phenoxy) is 1. The van der Waals surface area contributed by atoms with Gasteiger partial charge in [0.05, 0.1) is 6.61 Å². The quantitative estimate of drug-likeness (QED) is 0.860. The van der Waals surface area contributed by atoms with Crippen molar-refractivity contribution >= 4 is 18.1 Å². The van der Waals surface area contributed by atoms with Crippen molar-refractivity contribution in [1.82, 2.24) is 0 Å². The third kappa shape index (κ3) is 3.19. The van der Waals surface area contributed by atoms with Crippen LogP contribution >= 0.6 is 0 Å². The molecule has 3 rings (SSSR count). The molecule has 0 spiro atoms. The fraction of sp³-hybridized carbons (Fsp3) is 0.211. The number of benzene rings is 2. The van der Waals surface area contributed by atoms with Crippen molar-refractivity contribution in [3.05, 3.63) is 64.7 Å². The van der Waals surface area contributed by atoms with E-state index in [2.05, 4.69) is 0 Å². The second kappa shape index (κ2) is 6.48. The van der Waals surface area contributed by atoms with Gasteiger partial charge in [0.15, 0.2) is 0 Å². The maximum atomic E-state index is 11.5. The predicted octanol–water partition coefficient (Wildman–Crippen LogP) is 4.27. The highest BCUT2D eigenvalue weighted by Crippen LogP contribution is 2.30. The molecular weight excluding hydrogens is 276 g/mol. The van der Waals surface area contributed by atoms with Crippen LogP contribution in [0.2, 0.25) is 0 Å². The van der Waals surface area contributed by atoms with Gasteiger partial charge in [-0.25, -0.2) is 4.79 Å². The summed E-state index contributed by atoms with van der Waals surface area (Å²) in [6.45, 7) is 0.590. The van der Waals surface area contributed by atoms with Crippen LogP contribution in [-0.4, -0.2) is 17.7 Å². The summed E-state index contributed by atoms with van der Waals surface area (Å²) < 4.78 is 5.65. The van der Waals surface area contributed by atoms with Crippen molar-refractivity contribution in [2.24, 2.45) is 0 Å². The second-order valence-electron chi connectivity index (χ2n) is 5.41. The molecule has 0 fully saturated rings. The zero-order valence-electron chi connectivity index (χ0n) is 12.3. The molecule has 1 N–H and O–H groups in total. The van der Waals surface area contributed by atoms with Crippen molar-refractivity contribution < 1.29 is 14.6 Å². The van der Waals surface area contributed by atoms with E-state index in [1.54, 1.807) is 6.07 Å². The van der Waals surface area contributed by atoms with Gasteiger partial charge in [-0.15, -0.1) is 0 Å². The van der Waals surface area contributed by atoms with Gasteiger partial charge in [0.1, 0.15) is 11.3 Å². The molecule has 0 amide bonds. The van der Waals surface area contributed by atoms with Gasteiger partial charge >= 0.3 is 5.97 Å². The molecule has 3 heteroatoms. The first-order chi connectivity index (χ1) is 10.7. The van der Waals surface area contributed by atoms with Crippen LogP contribution in [0.3, 0.4) is 0 Å². The van der Waals surface area contributed by atoms with Crippen LogP contribution in [-0.2, 0) is 6.42 Å². The molecule has 2 aromatic rings. The summed E-state index contributed by atoms with van der Waals surface area (Å²) in [6, 6.07) is 13.7. The third-order valence-corrected chi connectivity index (χ3v) is 3.77. The summed E-state index contributed by atoms with van der Waals surface area (Å²) in [5, 5.41) is 9.44. The molecule has 0 saturated carbocycles. The minimum absolute atomic E-state index is 0.257. The largest absolute Gasteiger partial charge is 0.492 e. The summed E-state index contributed by atoms with van der Waals surface area (Å²) in [4.78, 5) is 11.5. The Kier molecular flexibility index (Phi) is 4.24. The Labute approximate surface area is 129 Å². The van der Waals surface area contributed by atoms with Crippen LogP contribution in [0.25, 0.3) is 12.2 Å². The maximum Gasteiger partial charge on any atom is 0.339 e. The zero-order chi connectivity index (χ0) is 15.4. The Morgan fingerprint density at radius 1 is 1.05 bits per heavy atom. The number of carbonyl (C=O) groups is 1. The van der Waals surface area contributed by atoms with Crippen molar-refractivity contribution in [2.75, 3.05) is 6.61 Å². The first-order valence-corrected chi connectivity index (χ1v) is 7.50. The highest BCUT2D eigenvalue weighted by molar-refractivity contribution is 5.92. The first-order valence-electron chi connectivity index (χ1n) is 7.50. The predicted molar refractivity (Wildman–Crippen MR) is 87.2 cm³/mol. The molecule has 1 heterocycles. The normalized spacial score (nSPS) is 14.2. The molecule has 1 aliphatic heterocycles. The van der Waals surface area contributed by atoms with Gasteiger partial charge in [-0.3, -0.25) is 0 Å².